The van der Waals surface area contributed by atoms with Crippen LogP contribution in [0.25, 0.3) is 21.5 Å². The number of aromatic nitrogens is 1. The maximum atomic E-state index is 11.6. The summed E-state index contributed by atoms with van der Waals surface area (Å²) in [5.74, 6) is -0.00922. The fourth-order valence-corrected chi connectivity index (χ4v) is 3.38. The first-order valence-electron chi connectivity index (χ1n) is 6.75. The number of ketones is 1. The van der Waals surface area contributed by atoms with Crippen molar-refractivity contribution in [2.24, 2.45) is 0 Å². The van der Waals surface area contributed by atoms with E-state index in [2.05, 4.69) is 31.2 Å². The van der Waals surface area contributed by atoms with Gasteiger partial charge < -0.3 is 5.73 Å². The zero-order chi connectivity index (χ0) is 15.1. The van der Waals surface area contributed by atoms with Crippen molar-refractivity contribution < 1.29 is 4.79 Å². The lowest BCUT2D eigenvalue weighted by Crippen LogP contribution is -1.94. The third-order valence-electron chi connectivity index (χ3n) is 3.56. The molecule has 21 heavy (non-hydrogen) atoms. The molecule has 2 heterocycles. The van der Waals surface area contributed by atoms with E-state index in [4.69, 9.17) is 10.7 Å². The number of hydrogen-bond donors (Lipinski definition) is 1. The molecule has 0 spiro atoms. The van der Waals surface area contributed by atoms with Crippen LogP contribution in [0, 0.1) is 13.8 Å². The Morgan fingerprint density at radius 2 is 1.86 bits per heavy atom. The van der Waals surface area contributed by atoms with Gasteiger partial charge in [-0.2, -0.15) is 0 Å². The van der Waals surface area contributed by atoms with Crippen molar-refractivity contribution >= 4 is 33.0 Å². The van der Waals surface area contributed by atoms with E-state index in [9.17, 15) is 4.79 Å². The van der Waals surface area contributed by atoms with Gasteiger partial charge >= 0.3 is 0 Å². The van der Waals surface area contributed by atoms with Gasteiger partial charge in [0.2, 0.25) is 0 Å². The summed E-state index contributed by atoms with van der Waals surface area (Å²) in [6, 6.07) is 10.3. The minimum absolute atomic E-state index is 0.00922. The summed E-state index contributed by atoms with van der Waals surface area (Å²) < 4.78 is 0. The molecule has 0 atom stereocenters. The van der Waals surface area contributed by atoms with Gasteiger partial charge in [0.1, 0.15) is 4.83 Å². The Kier molecular flexibility index (Phi) is 3.26. The Labute approximate surface area is 127 Å². The van der Waals surface area contributed by atoms with Crippen LogP contribution in [0.15, 0.2) is 30.3 Å². The highest BCUT2D eigenvalue weighted by atomic mass is 32.1. The number of carbonyl (C=O) groups excluding carboxylic acids is 1. The van der Waals surface area contributed by atoms with E-state index in [0.29, 0.717) is 10.6 Å². The van der Waals surface area contributed by atoms with Crippen molar-refractivity contribution in [2.75, 3.05) is 5.73 Å². The summed E-state index contributed by atoms with van der Waals surface area (Å²) >= 11 is 1.37. The number of rotatable bonds is 2. The van der Waals surface area contributed by atoms with Gasteiger partial charge in [-0.1, -0.05) is 29.8 Å². The monoisotopic (exact) mass is 296 g/mol. The fourth-order valence-electron chi connectivity index (χ4n) is 2.41. The largest absolute Gasteiger partial charge is 0.397 e. The molecule has 3 nitrogen and oxygen atoms in total. The molecule has 2 N–H and O–H groups in total. The number of thiophene rings is 1. The number of benzene rings is 1. The summed E-state index contributed by atoms with van der Waals surface area (Å²) in [6.07, 6.45) is 0. The molecule has 0 aliphatic rings. The normalized spacial score (nSPS) is 11.0. The van der Waals surface area contributed by atoms with Crippen LogP contribution in [-0.2, 0) is 0 Å². The highest BCUT2D eigenvalue weighted by molar-refractivity contribution is 7.21. The molecule has 0 unspecified atom stereocenters. The first-order valence-corrected chi connectivity index (χ1v) is 7.56. The predicted molar refractivity (Wildman–Crippen MR) is 88.9 cm³/mol. The number of carbonyl (C=O) groups is 1. The van der Waals surface area contributed by atoms with Crippen LogP contribution in [0.3, 0.4) is 0 Å². The van der Waals surface area contributed by atoms with Crippen molar-refractivity contribution in [3.8, 4) is 11.3 Å². The predicted octanol–water partition coefficient (Wildman–Crippen LogP) is 4.36. The lowest BCUT2D eigenvalue weighted by molar-refractivity contribution is 0.102. The number of nitrogens with zero attached hydrogens (tertiary/aromatic N) is 1. The van der Waals surface area contributed by atoms with E-state index in [0.717, 1.165) is 27.0 Å². The number of anilines is 1. The number of hydrogen-bond acceptors (Lipinski definition) is 4. The maximum absolute atomic E-state index is 11.6. The summed E-state index contributed by atoms with van der Waals surface area (Å²) in [5.41, 5.74) is 10.9. The Bertz CT molecular complexity index is 847. The van der Waals surface area contributed by atoms with E-state index in [1.807, 2.05) is 13.0 Å². The quantitative estimate of drug-likeness (QED) is 0.715. The zero-order valence-corrected chi connectivity index (χ0v) is 13.0. The van der Waals surface area contributed by atoms with Gasteiger partial charge in [0.15, 0.2) is 5.78 Å². The highest BCUT2D eigenvalue weighted by Gasteiger charge is 2.16. The Hall–Kier alpha value is -2.20. The van der Waals surface area contributed by atoms with Gasteiger partial charge in [-0.3, -0.25) is 4.79 Å². The molecular weight excluding hydrogens is 280 g/mol. The van der Waals surface area contributed by atoms with Gasteiger partial charge in [-0.15, -0.1) is 11.3 Å². The minimum Gasteiger partial charge on any atom is -0.397 e. The molecule has 0 aliphatic carbocycles. The third-order valence-corrected chi connectivity index (χ3v) is 4.77. The van der Waals surface area contributed by atoms with Crippen LogP contribution in [0.4, 0.5) is 5.69 Å². The standard InChI is InChI=1S/C17H16N2OS/c1-9-4-6-12(7-5-9)15-10(2)8-13-14(18)16(11(3)20)21-17(13)19-15/h4-8H,18H2,1-3H3. The molecule has 0 saturated heterocycles. The third kappa shape index (κ3) is 2.32. The first-order chi connectivity index (χ1) is 9.97. The summed E-state index contributed by atoms with van der Waals surface area (Å²) in [6.45, 7) is 5.62. The van der Waals surface area contributed by atoms with Gasteiger partial charge in [0.25, 0.3) is 0 Å². The first kappa shape index (κ1) is 13.8. The highest BCUT2D eigenvalue weighted by Crippen LogP contribution is 2.36. The van der Waals surface area contributed by atoms with E-state index >= 15 is 0 Å². The van der Waals surface area contributed by atoms with Crippen molar-refractivity contribution in [2.45, 2.75) is 20.8 Å². The number of aryl methyl sites for hydroxylation is 2. The van der Waals surface area contributed by atoms with Crippen LogP contribution >= 0.6 is 11.3 Å². The average molecular weight is 296 g/mol. The van der Waals surface area contributed by atoms with Crippen LogP contribution in [-0.4, -0.2) is 10.8 Å². The summed E-state index contributed by atoms with van der Waals surface area (Å²) in [4.78, 5) is 17.8. The molecule has 0 aliphatic heterocycles. The van der Waals surface area contributed by atoms with Gasteiger partial charge in [-0.05, 0) is 25.5 Å². The average Bonchev–Trinajstić information content (AvgIpc) is 2.76. The Morgan fingerprint density at radius 3 is 2.48 bits per heavy atom. The van der Waals surface area contributed by atoms with Gasteiger partial charge in [0, 0.05) is 17.9 Å². The molecule has 0 amide bonds. The molecule has 4 heteroatoms. The van der Waals surface area contributed by atoms with Crippen molar-refractivity contribution in [3.63, 3.8) is 0 Å². The van der Waals surface area contributed by atoms with Gasteiger partial charge in [-0.25, -0.2) is 4.98 Å². The summed E-state index contributed by atoms with van der Waals surface area (Å²) in [5, 5.41) is 0.874. The summed E-state index contributed by atoms with van der Waals surface area (Å²) in [7, 11) is 0. The number of nitrogens with two attached hydrogens (primary N) is 1. The lowest BCUT2D eigenvalue weighted by Gasteiger charge is -2.06. The van der Waals surface area contributed by atoms with E-state index in [1.165, 1.54) is 23.8 Å². The molecule has 3 aromatic rings. The number of Topliss-reactive ketones (excluding diaryl/α,β-unsaturated/α-hetero) is 1. The second kappa shape index (κ2) is 4.97. The number of fused-ring (bicyclic) bond motifs is 1. The smallest absolute Gasteiger partial charge is 0.171 e. The molecule has 1 aromatic carbocycles. The SMILES string of the molecule is CC(=O)c1sc2nc(-c3ccc(C)cc3)c(C)cc2c1N. The van der Waals surface area contributed by atoms with Gasteiger partial charge in [0.05, 0.1) is 16.3 Å². The van der Waals surface area contributed by atoms with Crippen LogP contribution in [0.2, 0.25) is 0 Å². The number of pyridine rings is 1. The Morgan fingerprint density at radius 1 is 1.19 bits per heavy atom. The fraction of sp³-hybridized carbons (Fsp3) is 0.176. The van der Waals surface area contributed by atoms with Crippen LogP contribution in [0.5, 0.6) is 0 Å². The second-order valence-corrected chi connectivity index (χ2v) is 6.27. The van der Waals surface area contributed by atoms with Crippen molar-refractivity contribution in [3.05, 3.63) is 46.3 Å². The molecular formula is C17H16N2OS. The molecule has 3 rings (SSSR count). The topological polar surface area (TPSA) is 56.0 Å². The maximum Gasteiger partial charge on any atom is 0.171 e. The van der Waals surface area contributed by atoms with E-state index in [1.54, 1.807) is 0 Å². The Balaban J connectivity index is 2.23. The molecule has 0 bridgehead atoms. The molecule has 2 aromatic heterocycles. The molecule has 106 valence electrons. The molecule has 0 saturated carbocycles. The van der Waals surface area contributed by atoms with Crippen molar-refractivity contribution in [1.29, 1.82) is 0 Å². The lowest BCUT2D eigenvalue weighted by atomic mass is 10.0. The second-order valence-electron chi connectivity index (χ2n) is 5.27. The molecule has 0 radical (unpaired) electrons. The van der Waals surface area contributed by atoms with Crippen LogP contribution in [0.1, 0.15) is 27.7 Å². The van der Waals surface area contributed by atoms with Crippen molar-refractivity contribution in [1.82, 2.24) is 4.98 Å². The zero-order valence-electron chi connectivity index (χ0n) is 12.2. The number of nitrogen functional groups attached to an aromatic ring is 1. The van der Waals surface area contributed by atoms with Crippen LogP contribution < -0.4 is 5.73 Å². The minimum atomic E-state index is -0.00922. The van der Waals surface area contributed by atoms with E-state index in [-0.39, 0.29) is 5.78 Å². The molecule has 0 fully saturated rings. The van der Waals surface area contributed by atoms with E-state index < -0.39 is 0 Å².